The van der Waals surface area contributed by atoms with Gasteiger partial charge in [-0.05, 0) is 47.0 Å². The van der Waals surface area contributed by atoms with Crippen molar-refractivity contribution in [2.45, 2.75) is 20.0 Å². The Hall–Kier alpha value is -4.12. The third-order valence-electron chi connectivity index (χ3n) is 5.15. The molecule has 166 valence electrons. The summed E-state index contributed by atoms with van der Waals surface area (Å²) in [5.74, 6) is 1.31. The highest BCUT2D eigenvalue weighted by molar-refractivity contribution is 6.02. The lowest BCUT2D eigenvalue weighted by Gasteiger charge is -2.12. The summed E-state index contributed by atoms with van der Waals surface area (Å²) >= 11 is 0. The normalized spacial score (nSPS) is 10.9. The Kier molecular flexibility index (Phi) is 7.33. The van der Waals surface area contributed by atoms with Crippen molar-refractivity contribution < 1.29 is 14.3 Å². The summed E-state index contributed by atoms with van der Waals surface area (Å²) in [5, 5.41) is 6.30. The molecule has 5 heteroatoms. The Morgan fingerprint density at radius 2 is 1.61 bits per heavy atom. The third kappa shape index (κ3) is 5.98. The zero-order valence-corrected chi connectivity index (χ0v) is 18.5. The van der Waals surface area contributed by atoms with Crippen LogP contribution >= 0.6 is 0 Å². The van der Waals surface area contributed by atoms with E-state index in [0.717, 1.165) is 33.2 Å². The molecule has 0 spiro atoms. The maximum absolute atomic E-state index is 12.4. The van der Waals surface area contributed by atoms with Crippen LogP contribution in [0.25, 0.3) is 10.8 Å². The van der Waals surface area contributed by atoms with Gasteiger partial charge in [-0.15, -0.1) is 0 Å². The molecule has 0 radical (unpaired) electrons. The van der Waals surface area contributed by atoms with Crippen LogP contribution < -0.4 is 14.9 Å². The monoisotopic (exact) mass is 438 g/mol. The number of hydrogen-bond acceptors (Lipinski definition) is 4. The van der Waals surface area contributed by atoms with E-state index in [1.807, 2.05) is 97.9 Å². The number of ether oxygens (including phenoxy) is 2. The van der Waals surface area contributed by atoms with Gasteiger partial charge >= 0.3 is 0 Å². The number of hydrazone groups is 1. The SMILES string of the molecule is CCOc1ccc(CC(=O)N/N=C\c2c(OCc3ccccc3)ccc3ccccc23)cc1. The van der Waals surface area contributed by atoms with Gasteiger partial charge in [0, 0.05) is 5.56 Å². The Bertz CT molecular complexity index is 1240. The molecule has 0 fully saturated rings. The van der Waals surface area contributed by atoms with Gasteiger partial charge in [0.15, 0.2) is 0 Å². The first-order chi connectivity index (χ1) is 16.2. The van der Waals surface area contributed by atoms with Crippen LogP contribution in [-0.2, 0) is 17.8 Å². The van der Waals surface area contributed by atoms with Crippen molar-refractivity contribution in [3.63, 3.8) is 0 Å². The van der Waals surface area contributed by atoms with E-state index in [9.17, 15) is 4.79 Å². The number of benzene rings is 4. The maximum atomic E-state index is 12.4. The van der Waals surface area contributed by atoms with Crippen LogP contribution in [0, 0.1) is 0 Å². The molecule has 0 aromatic heterocycles. The standard InChI is InChI=1S/C28H26N2O3/c1-2-32-24-15-12-21(13-16-24)18-28(31)30-29-19-26-25-11-7-6-10-23(25)14-17-27(26)33-20-22-8-4-3-5-9-22/h3-17,19H,2,18,20H2,1H3,(H,30,31)/b29-19-. The second kappa shape index (κ2) is 11.0. The van der Waals surface area contributed by atoms with Crippen molar-refractivity contribution in [2.75, 3.05) is 6.61 Å². The first-order valence-electron chi connectivity index (χ1n) is 10.9. The predicted molar refractivity (Wildman–Crippen MR) is 132 cm³/mol. The lowest BCUT2D eigenvalue weighted by molar-refractivity contribution is -0.120. The molecule has 0 unspecified atom stereocenters. The van der Waals surface area contributed by atoms with E-state index >= 15 is 0 Å². The van der Waals surface area contributed by atoms with Crippen molar-refractivity contribution in [3.8, 4) is 11.5 Å². The molecular weight excluding hydrogens is 412 g/mol. The summed E-state index contributed by atoms with van der Waals surface area (Å²) in [7, 11) is 0. The quantitative estimate of drug-likeness (QED) is 0.277. The molecule has 0 heterocycles. The van der Waals surface area contributed by atoms with Crippen LogP contribution in [0.3, 0.4) is 0 Å². The zero-order valence-electron chi connectivity index (χ0n) is 18.5. The van der Waals surface area contributed by atoms with E-state index in [0.29, 0.717) is 19.0 Å². The molecule has 0 aliphatic heterocycles. The molecule has 0 saturated heterocycles. The van der Waals surface area contributed by atoms with Crippen LogP contribution in [0.2, 0.25) is 0 Å². The zero-order chi connectivity index (χ0) is 22.9. The third-order valence-corrected chi connectivity index (χ3v) is 5.15. The molecule has 4 rings (SSSR count). The van der Waals surface area contributed by atoms with Crippen molar-refractivity contribution in [2.24, 2.45) is 5.10 Å². The highest BCUT2D eigenvalue weighted by Crippen LogP contribution is 2.27. The van der Waals surface area contributed by atoms with Crippen LogP contribution in [0.5, 0.6) is 11.5 Å². The van der Waals surface area contributed by atoms with Crippen molar-refractivity contribution in [1.82, 2.24) is 5.43 Å². The van der Waals surface area contributed by atoms with E-state index in [1.165, 1.54) is 0 Å². The van der Waals surface area contributed by atoms with Crippen LogP contribution in [0.1, 0.15) is 23.6 Å². The van der Waals surface area contributed by atoms with Gasteiger partial charge in [-0.2, -0.15) is 5.10 Å². The Labute approximate surface area is 193 Å². The second-order valence-corrected chi connectivity index (χ2v) is 7.52. The number of fused-ring (bicyclic) bond motifs is 1. The predicted octanol–water partition coefficient (Wildman–Crippen LogP) is 5.51. The van der Waals surface area contributed by atoms with Gasteiger partial charge in [-0.25, -0.2) is 5.43 Å². The number of amides is 1. The fourth-order valence-corrected chi connectivity index (χ4v) is 3.53. The summed E-state index contributed by atoms with van der Waals surface area (Å²) in [6.07, 6.45) is 1.88. The molecule has 4 aromatic carbocycles. The van der Waals surface area contributed by atoms with Crippen molar-refractivity contribution in [1.29, 1.82) is 0 Å². The fraction of sp³-hybridized carbons (Fsp3) is 0.143. The fourth-order valence-electron chi connectivity index (χ4n) is 3.53. The molecule has 1 amide bonds. The van der Waals surface area contributed by atoms with Gasteiger partial charge < -0.3 is 9.47 Å². The number of rotatable bonds is 9. The smallest absolute Gasteiger partial charge is 0.244 e. The van der Waals surface area contributed by atoms with Gasteiger partial charge in [0.05, 0.1) is 19.2 Å². The molecule has 33 heavy (non-hydrogen) atoms. The average molecular weight is 439 g/mol. The van der Waals surface area contributed by atoms with Crippen LogP contribution in [-0.4, -0.2) is 18.7 Å². The summed E-state index contributed by atoms with van der Waals surface area (Å²) in [4.78, 5) is 12.4. The molecule has 0 saturated carbocycles. The number of carbonyl (C=O) groups is 1. The highest BCUT2D eigenvalue weighted by atomic mass is 16.5. The molecule has 0 bridgehead atoms. The summed E-state index contributed by atoms with van der Waals surface area (Å²) in [5.41, 5.74) is 5.43. The lowest BCUT2D eigenvalue weighted by atomic mass is 10.0. The molecule has 4 aromatic rings. The van der Waals surface area contributed by atoms with Crippen LogP contribution in [0.4, 0.5) is 0 Å². The topological polar surface area (TPSA) is 59.9 Å². The van der Waals surface area contributed by atoms with Gasteiger partial charge in [-0.1, -0.05) is 72.8 Å². The minimum atomic E-state index is -0.192. The summed E-state index contributed by atoms with van der Waals surface area (Å²) in [6, 6.07) is 29.5. The van der Waals surface area contributed by atoms with Gasteiger partial charge in [0.1, 0.15) is 18.1 Å². The Balaban J connectivity index is 1.47. The molecule has 5 nitrogen and oxygen atoms in total. The van der Waals surface area contributed by atoms with E-state index in [4.69, 9.17) is 9.47 Å². The Morgan fingerprint density at radius 3 is 2.39 bits per heavy atom. The maximum Gasteiger partial charge on any atom is 0.244 e. The number of nitrogens with one attached hydrogen (secondary N) is 1. The minimum absolute atomic E-state index is 0.192. The number of hydrogen-bond donors (Lipinski definition) is 1. The van der Waals surface area contributed by atoms with Gasteiger partial charge in [0.25, 0.3) is 0 Å². The lowest BCUT2D eigenvalue weighted by Crippen LogP contribution is -2.19. The van der Waals surface area contributed by atoms with Gasteiger partial charge in [0.2, 0.25) is 5.91 Å². The molecular formula is C28H26N2O3. The summed E-state index contributed by atoms with van der Waals surface area (Å²) in [6.45, 7) is 3.00. The second-order valence-electron chi connectivity index (χ2n) is 7.52. The van der Waals surface area contributed by atoms with Crippen LogP contribution in [0.15, 0.2) is 96.1 Å². The first-order valence-corrected chi connectivity index (χ1v) is 10.9. The van der Waals surface area contributed by atoms with Crippen molar-refractivity contribution in [3.05, 3.63) is 108 Å². The van der Waals surface area contributed by atoms with E-state index in [2.05, 4.69) is 10.5 Å². The van der Waals surface area contributed by atoms with Crippen molar-refractivity contribution >= 4 is 22.9 Å². The van der Waals surface area contributed by atoms with E-state index in [1.54, 1.807) is 6.21 Å². The highest BCUT2D eigenvalue weighted by Gasteiger charge is 2.08. The number of carbonyl (C=O) groups excluding carboxylic acids is 1. The van der Waals surface area contributed by atoms with E-state index in [-0.39, 0.29) is 12.3 Å². The van der Waals surface area contributed by atoms with Gasteiger partial charge in [-0.3, -0.25) is 4.79 Å². The molecule has 1 N–H and O–H groups in total. The molecule has 0 aliphatic carbocycles. The van der Waals surface area contributed by atoms with E-state index < -0.39 is 0 Å². The summed E-state index contributed by atoms with van der Waals surface area (Å²) < 4.78 is 11.5. The Morgan fingerprint density at radius 1 is 0.848 bits per heavy atom. The average Bonchev–Trinajstić information content (AvgIpc) is 2.85. The molecule has 0 aliphatic rings. The largest absolute Gasteiger partial charge is 0.494 e. The molecule has 0 atom stereocenters. The first kappa shape index (κ1) is 22.1. The number of nitrogens with zero attached hydrogens (tertiary/aromatic N) is 1. The minimum Gasteiger partial charge on any atom is -0.494 e.